The lowest BCUT2D eigenvalue weighted by Crippen LogP contribution is -2.61. The predicted octanol–water partition coefficient (Wildman–Crippen LogP) is 6.71. The highest BCUT2D eigenvalue weighted by atomic mass is 19.4. The molecule has 256 valence electrons. The van der Waals surface area contributed by atoms with Gasteiger partial charge in [-0.2, -0.15) is 44.3 Å². The van der Waals surface area contributed by atoms with Crippen LogP contribution in [0, 0.1) is 5.41 Å². The van der Waals surface area contributed by atoms with Gasteiger partial charge in [-0.15, -0.1) is 10.2 Å². The van der Waals surface area contributed by atoms with Crippen molar-refractivity contribution in [3.8, 4) is 0 Å². The predicted molar refractivity (Wildman–Crippen MR) is 144 cm³/mol. The molecule has 1 aromatic heterocycles. The highest BCUT2D eigenvalue weighted by Gasteiger charge is 2.48. The lowest BCUT2D eigenvalue weighted by Gasteiger charge is -2.45. The van der Waals surface area contributed by atoms with Gasteiger partial charge in [0.05, 0.1) is 39.8 Å². The van der Waals surface area contributed by atoms with Gasteiger partial charge in [-0.25, -0.2) is 4.79 Å². The zero-order chi connectivity index (χ0) is 35.5. The number of amides is 1. The number of anilines is 1. The van der Waals surface area contributed by atoms with Crippen molar-refractivity contribution in [1.29, 1.82) is 0 Å². The number of nitrogens with two attached hydrogens (primary N) is 1. The molecular weight excluding hydrogens is 655 g/mol. The molecule has 0 saturated carbocycles. The minimum Gasteiger partial charge on any atom is -0.481 e. The Morgan fingerprint density at radius 2 is 1.49 bits per heavy atom. The number of tetrazole rings is 1. The molecule has 3 aromatic rings. The van der Waals surface area contributed by atoms with Crippen molar-refractivity contribution in [2.45, 2.75) is 76.2 Å². The molecule has 1 aliphatic heterocycles. The van der Waals surface area contributed by atoms with Crippen molar-refractivity contribution in [3.05, 3.63) is 70.0 Å². The lowest BCUT2D eigenvalue weighted by molar-refractivity contribution is -0.150. The summed E-state index contributed by atoms with van der Waals surface area (Å²) >= 11 is 0. The summed E-state index contributed by atoms with van der Waals surface area (Å²) in [4.78, 5) is 25.9. The van der Waals surface area contributed by atoms with Crippen LogP contribution < -0.4 is 10.6 Å². The number of aromatic nitrogens is 4. The second-order valence-corrected chi connectivity index (χ2v) is 11.7. The van der Waals surface area contributed by atoms with Crippen LogP contribution in [0.1, 0.15) is 79.2 Å². The molecule has 2 heterocycles. The number of benzene rings is 2. The second-order valence-electron chi connectivity index (χ2n) is 11.7. The van der Waals surface area contributed by atoms with Crippen molar-refractivity contribution >= 4 is 17.7 Å². The summed E-state index contributed by atoms with van der Waals surface area (Å²) in [6.45, 7) is 3.78. The molecular formula is C28H27F9N6O4. The van der Waals surface area contributed by atoms with E-state index in [9.17, 15) is 59.3 Å². The fraction of sp³-hybridized carbons (Fsp3) is 0.464. The Labute approximate surface area is 259 Å². The van der Waals surface area contributed by atoms with Gasteiger partial charge in [0.2, 0.25) is 0 Å². The number of nitrogens with zero attached hydrogens (tertiary/aromatic N) is 5. The molecule has 19 heteroatoms. The number of hydrogen-bond donors (Lipinski definition) is 3. The van der Waals surface area contributed by atoms with Gasteiger partial charge in [-0.05, 0) is 85.8 Å². The van der Waals surface area contributed by atoms with E-state index in [0.29, 0.717) is 34.0 Å². The fourth-order valence-corrected chi connectivity index (χ4v) is 5.47. The van der Waals surface area contributed by atoms with Crippen molar-refractivity contribution in [2.24, 2.45) is 11.1 Å². The molecule has 0 aliphatic carbocycles. The van der Waals surface area contributed by atoms with E-state index in [-0.39, 0.29) is 36.0 Å². The molecule has 4 N–H and O–H groups in total. The first-order valence-electron chi connectivity index (χ1n) is 13.7. The largest absolute Gasteiger partial charge is 0.481 e. The number of carboxylic acid groups (broad SMARTS) is 2. The molecule has 0 saturated heterocycles. The highest BCUT2D eigenvalue weighted by Crippen LogP contribution is 2.47. The summed E-state index contributed by atoms with van der Waals surface area (Å²) in [6, 6.07) is 1.45. The third kappa shape index (κ3) is 6.84. The Bertz CT molecular complexity index is 1650. The number of alkyl halides is 9. The number of rotatable bonds is 7. The van der Waals surface area contributed by atoms with Crippen molar-refractivity contribution in [2.75, 3.05) is 4.90 Å². The van der Waals surface area contributed by atoms with Gasteiger partial charge >= 0.3 is 30.6 Å². The van der Waals surface area contributed by atoms with E-state index in [4.69, 9.17) is 5.73 Å². The van der Waals surface area contributed by atoms with E-state index in [1.807, 2.05) is 0 Å². The Hall–Kier alpha value is -4.42. The summed E-state index contributed by atoms with van der Waals surface area (Å²) in [5, 5.41) is 31.7. The Morgan fingerprint density at radius 1 is 0.936 bits per heavy atom. The van der Waals surface area contributed by atoms with Crippen molar-refractivity contribution < 1.29 is 59.3 Å². The van der Waals surface area contributed by atoms with E-state index < -0.39 is 82.3 Å². The number of aliphatic carboxylic acids is 1. The first-order chi connectivity index (χ1) is 21.4. The highest BCUT2D eigenvalue weighted by molar-refractivity contribution is 5.90. The van der Waals surface area contributed by atoms with Crippen LogP contribution >= 0.6 is 0 Å². The van der Waals surface area contributed by atoms with Crippen molar-refractivity contribution in [1.82, 2.24) is 20.2 Å². The van der Waals surface area contributed by atoms with Crippen LogP contribution in [-0.2, 0) is 29.7 Å². The monoisotopic (exact) mass is 682 g/mol. The maximum atomic E-state index is 13.7. The van der Waals surface area contributed by atoms with Crippen LogP contribution in [0.5, 0.6) is 0 Å². The molecule has 2 aromatic carbocycles. The molecule has 3 atom stereocenters. The summed E-state index contributed by atoms with van der Waals surface area (Å²) in [5.74, 6) is -3.13. The van der Waals surface area contributed by atoms with Crippen LogP contribution in [-0.4, -0.2) is 48.1 Å². The Morgan fingerprint density at radius 3 is 1.96 bits per heavy atom. The van der Waals surface area contributed by atoms with E-state index >= 15 is 0 Å². The second kappa shape index (κ2) is 11.7. The van der Waals surface area contributed by atoms with Gasteiger partial charge in [-0.3, -0.25) is 9.69 Å². The first kappa shape index (κ1) is 35.4. The molecule has 0 bridgehead atoms. The molecule has 0 radical (unpaired) electrons. The fourth-order valence-electron chi connectivity index (χ4n) is 5.47. The smallest absolute Gasteiger partial charge is 0.416 e. The topological polar surface area (TPSA) is 147 Å². The standard InChI is InChI=1S/C28H27F9N6O4/c1-4-25(38)12-18(17-11-14(26(29,30)31)5-6-19(17)42(25)23(46)47)21-39-41-43(40-21)20(24(2,3)22(44)45)9-13-7-15(27(32,33)34)10-16(8-13)28(35,36)37/h5-8,10-11,18,20H,4,9,12,38H2,1-3H3,(H,44,45)(H,46,47)/t18-,20?,25+/m0/s1. The zero-order valence-corrected chi connectivity index (χ0v) is 24.7. The minimum atomic E-state index is -5.19. The normalized spacial score (nSPS) is 19.8. The quantitative estimate of drug-likeness (QED) is 0.233. The summed E-state index contributed by atoms with van der Waals surface area (Å²) in [5.41, 5.74) is -2.63. The average molecular weight is 683 g/mol. The van der Waals surface area contributed by atoms with Gasteiger partial charge in [0.25, 0.3) is 0 Å². The number of fused-ring (bicyclic) bond motifs is 1. The molecule has 1 unspecified atom stereocenters. The number of carboxylic acids is 1. The van der Waals surface area contributed by atoms with Crippen LogP contribution in [0.15, 0.2) is 36.4 Å². The van der Waals surface area contributed by atoms with Crippen LogP contribution in [0.3, 0.4) is 0 Å². The van der Waals surface area contributed by atoms with E-state index in [0.717, 1.165) is 19.9 Å². The van der Waals surface area contributed by atoms with Crippen molar-refractivity contribution in [3.63, 3.8) is 0 Å². The third-order valence-corrected chi connectivity index (χ3v) is 8.27. The maximum absolute atomic E-state index is 13.7. The van der Waals surface area contributed by atoms with E-state index in [1.165, 1.54) is 6.92 Å². The van der Waals surface area contributed by atoms with Gasteiger partial charge < -0.3 is 15.9 Å². The van der Waals surface area contributed by atoms with Crippen LogP contribution in [0.2, 0.25) is 0 Å². The van der Waals surface area contributed by atoms with Crippen LogP contribution in [0.4, 0.5) is 50.0 Å². The third-order valence-electron chi connectivity index (χ3n) is 8.27. The van der Waals surface area contributed by atoms with E-state index in [2.05, 4.69) is 15.4 Å². The molecule has 0 spiro atoms. The summed E-state index contributed by atoms with van der Waals surface area (Å²) < 4.78 is 122. The van der Waals surface area contributed by atoms with Gasteiger partial charge in [-0.1, -0.05) is 6.92 Å². The van der Waals surface area contributed by atoms with Gasteiger partial charge in [0.15, 0.2) is 5.82 Å². The van der Waals surface area contributed by atoms with Gasteiger partial charge in [0, 0.05) is 0 Å². The molecule has 1 amide bonds. The molecule has 4 rings (SSSR count). The zero-order valence-electron chi connectivity index (χ0n) is 24.7. The average Bonchev–Trinajstić information content (AvgIpc) is 3.42. The first-order valence-corrected chi connectivity index (χ1v) is 13.7. The molecule has 47 heavy (non-hydrogen) atoms. The minimum absolute atomic E-state index is 0.0316. The summed E-state index contributed by atoms with van der Waals surface area (Å²) in [7, 11) is 0. The summed E-state index contributed by atoms with van der Waals surface area (Å²) in [6.07, 6.45) is -18.0. The number of halogens is 9. The maximum Gasteiger partial charge on any atom is 0.416 e. The van der Waals surface area contributed by atoms with E-state index in [1.54, 1.807) is 0 Å². The molecule has 1 aliphatic rings. The van der Waals surface area contributed by atoms with Gasteiger partial charge in [0.1, 0.15) is 5.66 Å². The SMILES string of the molecule is CC[C@]1(N)C[C@H](c2nnn(C(Cc3cc(C(F)(F)F)cc(C(F)(F)F)c3)C(C)(C)C(=O)O)n2)c2cc(C(F)(F)F)ccc2N1C(=O)O. The Balaban J connectivity index is 1.88. The lowest BCUT2D eigenvalue weighted by atomic mass is 9.80. The van der Waals surface area contributed by atoms with Crippen LogP contribution in [0.25, 0.3) is 0 Å². The number of hydrogen-bond acceptors (Lipinski definition) is 6. The number of carbonyl (C=O) groups is 2. The molecule has 10 nitrogen and oxygen atoms in total. The Kier molecular flexibility index (Phi) is 8.80. The molecule has 0 fully saturated rings.